The number of cyclic esters (lactones) is 1. The minimum absolute atomic E-state index is 0.265. The van der Waals surface area contributed by atoms with Crippen LogP contribution in [-0.4, -0.2) is 77.3 Å². The molecule has 0 saturated carbocycles. The fourth-order valence-corrected chi connectivity index (χ4v) is 4.45. The number of esters is 1. The van der Waals surface area contributed by atoms with Gasteiger partial charge in [0.2, 0.25) is 0 Å². The normalized spacial score (nSPS) is 18.3. The molecular weight excluding hydrogens is 424 g/mol. The maximum atomic E-state index is 11.7. The number of benzene rings is 1. The molecule has 2 atom stereocenters. The highest BCUT2D eigenvalue weighted by Gasteiger charge is 2.27. The standard InChI is InChI=1S/C24H28N4O5/c1-15-17(3-4-18-19(15)14-33-24(18)31)21(29)12-27-5-7-28(8-6-27)13-22(30)20-9-23(32-2)16(10-25)11-26-20/h3-4,9,11,21-22,29-30H,5-8,12-14H2,1-2H3/t21-,22?/m0/s1. The molecular formula is C24H28N4O5. The first-order valence-electron chi connectivity index (χ1n) is 11.0. The van der Waals surface area contributed by atoms with E-state index in [2.05, 4.69) is 14.8 Å². The number of nitriles is 1. The van der Waals surface area contributed by atoms with Crippen molar-refractivity contribution < 1.29 is 24.5 Å². The monoisotopic (exact) mass is 452 g/mol. The third-order valence-electron chi connectivity index (χ3n) is 6.46. The Hall–Kier alpha value is -3.03. The van der Waals surface area contributed by atoms with E-state index in [1.165, 1.54) is 13.3 Å². The Morgan fingerprint density at radius 1 is 1.18 bits per heavy atom. The number of carbonyl (C=O) groups excluding carboxylic acids is 1. The Morgan fingerprint density at radius 3 is 2.48 bits per heavy atom. The zero-order chi connectivity index (χ0) is 23.5. The van der Waals surface area contributed by atoms with Gasteiger partial charge in [0, 0.05) is 57.1 Å². The largest absolute Gasteiger partial charge is 0.495 e. The summed E-state index contributed by atoms with van der Waals surface area (Å²) in [5, 5.41) is 30.5. The van der Waals surface area contributed by atoms with Crippen molar-refractivity contribution in [1.29, 1.82) is 5.26 Å². The maximum absolute atomic E-state index is 11.7. The number of carbonyl (C=O) groups is 1. The third-order valence-corrected chi connectivity index (χ3v) is 6.46. The van der Waals surface area contributed by atoms with Crippen LogP contribution in [0.4, 0.5) is 0 Å². The van der Waals surface area contributed by atoms with Crippen molar-refractivity contribution in [2.75, 3.05) is 46.4 Å². The number of rotatable bonds is 7. The topological polar surface area (TPSA) is 119 Å². The first-order chi connectivity index (χ1) is 15.9. The summed E-state index contributed by atoms with van der Waals surface area (Å²) in [7, 11) is 1.48. The Morgan fingerprint density at radius 2 is 1.85 bits per heavy atom. The van der Waals surface area contributed by atoms with Gasteiger partial charge in [0.05, 0.1) is 24.5 Å². The lowest BCUT2D eigenvalue weighted by molar-refractivity contribution is 0.0470. The van der Waals surface area contributed by atoms with Crippen molar-refractivity contribution in [2.45, 2.75) is 25.7 Å². The molecule has 0 radical (unpaired) electrons. The molecule has 1 fully saturated rings. The maximum Gasteiger partial charge on any atom is 0.338 e. The lowest BCUT2D eigenvalue weighted by Crippen LogP contribution is -2.48. The fourth-order valence-electron chi connectivity index (χ4n) is 4.45. The predicted octanol–water partition coefficient (Wildman–Crippen LogP) is 1.33. The summed E-state index contributed by atoms with van der Waals surface area (Å²) in [5.41, 5.74) is 3.99. The van der Waals surface area contributed by atoms with Crippen molar-refractivity contribution >= 4 is 5.97 Å². The number of aromatic nitrogens is 1. The van der Waals surface area contributed by atoms with Crippen molar-refractivity contribution in [3.63, 3.8) is 0 Å². The first-order valence-corrected chi connectivity index (χ1v) is 11.0. The summed E-state index contributed by atoms with van der Waals surface area (Å²) < 4.78 is 10.3. The molecule has 0 amide bonds. The van der Waals surface area contributed by atoms with E-state index >= 15 is 0 Å². The number of aliphatic hydroxyl groups excluding tert-OH is 2. The SMILES string of the molecule is COc1cc(C(O)CN2CCN(C[C@H](O)c3ccc4c(c3C)COC4=O)CC2)ncc1C#N. The number of hydrogen-bond donors (Lipinski definition) is 2. The van der Waals surface area contributed by atoms with Crippen LogP contribution in [0, 0.1) is 18.3 Å². The molecule has 2 N–H and O–H groups in total. The van der Waals surface area contributed by atoms with Gasteiger partial charge in [-0.3, -0.25) is 14.8 Å². The van der Waals surface area contributed by atoms with E-state index in [1.54, 1.807) is 12.1 Å². The van der Waals surface area contributed by atoms with Gasteiger partial charge in [-0.15, -0.1) is 0 Å². The minimum Gasteiger partial charge on any atom is -0.495 e. The molecule has 4 rings (SSSR count). The van der Waals surface area contributed by atoms with Gasteiger partial charge in [-0.05, 0) is 24.1 Å². The van der Waals surface area contributed by atoms with Crippen LogP contribution in [0.1, 0.15) is 50.5 Å². The summed E-state index contributed by atoms with van der Waals surface area (Å²) >= 11 is 0. The van der Waals surface area contributed by atoms with E-state index in [1.807, 2.05) is 19.1 Å². The van der Waals surface area contributed by atoms with Gasteiger partial charge in [0.25, 0.3) is 0 Å². The number of ether oxygens (including phenoxy) is 2. The molecule has 1 saturated heterocycles. The highest BCUT2D eigenvalue weighted by molar-refractivity contribution is 5.93. The summed E-state index contributed by atoms with van der Waals surface area (Å²) in [6.07, 6.45) is -0.0269. The number of β-amino-alcohol motifs (C(OH)–C–C–N with tert-alkyl or cyclic N) is 2. The van der Waals surface area contributed by atoms with Gasteiger partial charge in [-0.25, -0.2) is 4.79 Å². The first kappa shape index (κ1) is 23.1. The van der Waals surface area contributed by atoms with Gasteiger partial charge < -0.3 is 19.7 Å². The van der Waals surface area contributed by atoms with Crippen molar-refractivity contribution in [3.05, 3.63) is 57.9 Å². The van der Waals surface area contributed by atoms with Crippen LogP contribution < -0.4 is 4.74 Å². The molecule has 2 aliphatic rings. The molecule has 33 heavy (non-hydrogen) atoms. The van der Waals surface area contributed by atoms with E-state index in [-0.39, 0.29) is 12.6 Å². The van der Waals surface area contributed by atoms with E-state index in [0.717, 1.165) is 42.9 Å². The van der Waals surface area contributed by atoms with E-state index in [4.69, 9.17) is 14.7 Å². The second-order valence-electron chi connectivity index (χ2n) is 8.44. The average Bonchev–Trinajstić information content (AvgIpc) is 3.21. The van der Waals surface area contributed by atoms with Crippen LogP contribution in [0.3, 0.4) is 0 Å². The average molecular weight is 453 g/mol. The van der Waals surface area contributed by atoms with Crippen molar-refractivity contribution in [1.82, 2.24) is 14.8 Å². The van der Waals surface area contributed by atoms with Crippen molar-refractivity contribution in [2.24, 2.45) is 0 Å². The van der Waals surface area contributed by atoms with E-state index in [0.29, 0.717) is 35.7 Å². The van der Waals surface area contributed by atoms with Crippen LogP contribution in [-0.2, 0) is 11.3 Å². The number of fused-ring (bicyclic) bond motifs is 1. The van der Waals surface area contributed by atoms with Crippen molar-refractivity contribution in [3.8, 4) is 11.8 Å². The minimum atomic E-state index is -0.789. The zero-order valence-corrected chi connectivity index (χ0v) is 18.8. The van der Waals surface area contributed by atoms with Gasteiger partial charge in [-0.1, -0.05) is 6.07 Å². The number of hydrogen-bond acceptors (Lipinski definition) is 9. The van der Waals surface area contributed by atoms with Crippen LogP contribution >= 0.6 is 0 Å². The lowest BCUT2D eigenvalue weighted by Gasteiger charge is -2.36. The fraction of sp³-hybridized carbons (Fsp3) is 0.458. The predicted molar refractivity (Wildman–Crippen MR) is 119 cm³/mol. The molecule has 9 heteroatoms. The molecule has 0 aliphatic carbocycles. The summed E-state index contributed by atoms with van der Waals surface area (Å²) in [6, 6.07) is 7.18. The Kier molecular flexibility index (Phi) is 6.91. The molecule has 2 aromatic rings. The van der Waals surface area contributed by atoms with Gasteiger partial charge in [0.15, 0.2) is 0 Å². The van der Waals surface area contributed by atoms with E-state index in [9.17, 15) is 15.0 Å². The van der Waals surface area contributed by atoms with E-state index < -0.39 is 12.2 Å². The molecule has 174 valence electrons. The molecule has 9 nitrogen and oxygen atoms in total. The molecule has 3 heterocycles. The number of nitrogens with zero attached hydrogens (tertiary/aromatic N) is 4. The number of methoxy groups -OCH3 is 1. The van der Waals surface area contributed by atoms with Crippen LogP contribution in [0.2, 0.25) is 0 Å². The zero-order valence-electron chi connectivity index (χ0n) is 18.8. The van der Waals surface area contributed by atoms with Gasteiger partial charge in [-0.2, -0.15) is 5.26 Å². The van der Waals surface area contributed by atoms with Gasteiger partial charge in [0.1, 0.15) is 30.1 Å². The van der Waals surface area contributed by atoms with Gasteiger partial charge >= 0.3 is 5.97 Å². The number of pyridine rings is 1. The number of piperazine rings is 1. The molecule has 1 aromatic heterocycles. The highest BCUT2D eigenvalue weighted by Crippen LogP contribution is 2.29. The third kappa shape index (κ3) is 4.84. The Labute approximate surface area is 192 Å². The number of aliphatic hydroxyl groups is 2. The lowest BCUT2D eigenvalue weighted by atomic mass is 9.95. The summed E-state index contributed by atoms with van der Waals surface area (Å²) in [4.78, 5) is 20.3. The molecule has 2 aliphatic heterocycles. The molecule has 1 aromatic carbocycles. The van der Waals surface area contributed by atoms with Crippen LogP contribution in [0.5, 0.6) is 5.75 Å². The molecule has 0 spiro atoms. The Balaban J connectivity index is 1.31. The second-order valence-corrected chi connectivity index (χ2v) is 8.44. The van der Waals surface area contributed by atoms with Crippen LogP contribution in [0.25, 0.3) is 0 Å². The summed E-state index contributed by atoms with van der Waals surface area (Å²) in [6.45, 7) is 6.15. The smallest absolute Gasteiger partial charge is 0.338 e. The summed E-state index contributed by atoms with van der Waals surface area (Å²) in [5.74, 6) is 0.0974. The van der Waals surface area contributed by atoms with Crippen LogP contribution in [0.15, 0.2) is 24.4 Å². The quantitative estimate of drug-likeness (QED) is 0.600. The molecule has 1 unspecified atom stereocenters. The second kappa shape index (κ2) is 9.85. The Bertz CT molecular complexity index is 1080. The molecule has 0 bridgehead atoms. The highest BCUT2D eigenvalue weighted by atomic mass is 16.5.